The van der Waals surface area contributed by atoms with E-state index in [1.54, 1.807) is 7.11 Å². The lowest BCUT2D eigenvalue weighted by Gasteiger charge is -2.22. The summed E-state index contributed by atoms with van der Waals surface area (Å²) in [6.45, 7) is 2.15. The third-order valence-electron chi connectivity index (χ3n) is 3.19. The molecule has 0 radical (unpaired) electrons. The molecule has 0 aliphatic carbocycles. The number of hydrazine groups is 1. The zero-order chi connectivity index (χ0) is 11.5. The fourth-order valence-electron chi connectivity index (χ4n) is 2.34. The maximum absolute atomic E-state index is 6.07. The summed E-state index contributed by atoms with van der Waals surface area (Å²) in [5.41, 5.74) is 13.6. The van der Waals surface area contributed by atoms with Gasteiger partial charge in [0.25, 0.3) is 0 Å². The van der Waals surface area contributed by atoms with Crippen molar-refractivity contribution in [3.05, 3.63) is 29.8 Å². The van der Waals surface area contributed by atoms with Crippen LogP contribution in [-0.2, 0) is 0 Å². The third-order valence-corrected chi connectivity index (χ3v) is 3.19. The van der Waals surface area contributed by atoms with Gasteiger partial charge >= 0.3 is 0 Å². The van der Waals surface area contributed by atoms with Crippen LogP contribution in [0.5, 0.6) is 5.75 Å². The number of hydrogen-bond donors (Lipinski definition) is 3. The summed E-state index contributed by atoms with van der Waals surface area (Å²) in [5, 5.41) is 0. The minimum absolute atomic E-state index is 0.0683. The lowest BCUT2D eigenvalue weighted by Crippen LogP contribution is -2.38. The van der Waals surface area contributed by atoms with Crippen molar-refractivity contribution in [2.75, 3.05) is 7.11 Å². The molecule has 4 N–H and O–H groups in total. The molecule has 0 amide bonds. The minimum atomic E-state index is -0.0683. The summed E-state index contributed by atoms with van der Waals surface area (Å²) >= 11 is 0. The maximum Gasteiger partial charge on any atom is 0.122 e. The van der Waals surface area contributed by atoms with Crippen LogP contribution < -0.4 is 21.3 Å². The summed E-state index contributed by atoms with van der Waals surface area (Å²) in [6, 6.07) is 8.42. The van der Waals surface area contributed by atoms with Crippen LogP contribution in [0.3, 0.4) is 0 Å². The molecule has 0 saturated carbocycles. The minimum Gasteiger partial charge on any atom is -0.496 e. The van der Waals surface area contributed by atoms with Crippen molar-refractivity contribution in [3.8, 4) is 5.75 Å². The molecule has 1 heterocycles. The Morgan fingerprint density at radius 1 is 1.31 bits per heavy atom. The topological polar surface area (TPSA) is 59.3 Å². The van der Waals surface area contributed by atoms with Gasteiger partial charge in [0.15, 0.2) is 0 Å². The number of ether oxygens (including phenoxy) is 1. The standard InChI is InChI=1S/C12H19N3O/c1-3-9-11(12(13)15-14-9)8-6-4-5-7-10(8)16-2/h4-7,9,11-12,14-15H,3,13H2,1-2H3. The Morgan fingerprint density at radius 3 is 2.75 bits per heavy atom. The highest BCUT2D eigenvalue weighted by molar-refractivity contribution is 5.38. The zero-order valence-corrected chi connectivity index (χ0v) is 9.73. The number of nitrogens with one attached hydrogen (secondary N) is 2. The van der Waals surface area contributed by atoms with Gasteiger partial charge in [0.1, 0.15) is 5.75 Å². The van der Waals surface area contributed by atoms with Gasteiger partial charge < -0.3 is 10.5 Å². The van der Waals surface area contributed by atoms with Crippen LogP contribution in [-0.4, -0.2) is 19.3 Å². The molecule has 16 heavy (non-hydrogen) atoms. The number of rotatable bonds is 3. The molecule has 0 aromatic heterocycles. The highest BCUT2D eigenvalue weighted by Crippen LogP contribution is 2.33. The van der Waals surface area contributed by atoms with E-state index < -0.39 is 0 Å². The lowest BCUT2D eigenvalue weighted by molar-refractivity contribution is 0.397. The summed E-state index contributed by atoms with van der Waals surface area (Å²) in [7, 11) is 1.70. The molecule has 0 spiro atoms. The molecule has 4 heteroatoms. The number of methoxy groups -OCH3 is 1. The predicted molar refractivity (Wildman–Crippen MR) is 64.1 cm³/mol. The van der Waals surface area contributed by atoms with E-state index in [2.05, 4.69) is 23.8 Å². The average molecular weight is 221 g/mol. The smallest absolute Gasteiger partial charge is 0.122 e. The van der Waals surface area contributed by atoms with Crippen molar-refractivity contribution in [1.29, 1.82) is 0 Å². The third kappa shape index (κ3) is 1.91. The largest absolute Gasteiger partial charge is 0.496 e. The molecule has 3 atom stereocenters. The van der Waals surface area contributed by atoms with Crippen molar-refractivity contribution in [2.45, 2.75) is 31.5 Å². The molecule has 1 aromatic rings. The van der Waals surface area contributed by atoms with Crippen LogP contribution in [0, 0.1) is 0 Å². The number of benzene rings is 1. The fourth-order valence-corrected chi connectivity index (χ4v) is 2.34. The molecule has 1 saturated heterocycles. The summed E-state index contributed by atoms with van der Waals surface area (Å²) < 4.78 is 5.39. The molecule has 1 aliphatic heterocycles. The van der Waals surface area contributed by atoms with Crippen molar-refractivity contribution in [3.63, 3.8) is 0 Å². The van der Waals surface area contributed by atoms with Crippen molar-refractivity contribution >= 4 is 0 Å². The number of nitrogens with two attached hydrogens (primary N) is 1. The van der Waals surface area contributed by atoms with Gasteiger partial charge in [-0.05, 0) is 12.5 Å². The zero-order valence-electron chi connectivity index (χ0n) is 9.73. The molecule has 3 unspecified atom stereocenters. The maximum atomic E-state index is 6.07. The first-order valence-electron chi connectivity index (χ1n) is 5.67. The van der Waals surface area contributed by atoms with Crippen LogP contribution in [0.1, 0.15) is 24.8 Å². The average Bonchev–Trinajstić information content (AvgIpc) is 2.70. The van der Waals surface area contributed by atoms with Crippen LogP contribution >= 0.6 is 0 Å². The Bertz CT molecular complexity index is 356. The second kappa shape index (κ2) is 4.82. The first kappa shape index (κ1) is 11.4. The van der Waals surface area contributed by atoms with Crippen LogP contribution in [0.25, 0.3) is 0 Å². The molecular formula is C12H19N3O. The second-order valence-corrected chi connectivity index (χ2v) is 4.10. The van der Waals surface area contributed by atoms with E-state index in [1.165, 1.54) is 5.56 Å². The SMILES string of the molecule is CCC1NNC(N)C1c1ccccc1OC. The van der Waals surface area contributed by atoms with E-state index >= 15 is 0 Å². The highest BCUT2D eigenvalue weighted by Gasteiger charge is 2.35. The quantitative estimate of drug-likeness (QED) is 0.711. The van der Waals surface area contributed by atoms with Gasteiger partial charge in [0, 0.05) is 17.5 Å². The van der Waals surface area contributed by atoms with Gasteiger partial charge in [0.2, 0.25) is 0 Å². The molecule has 1 aliphatic rings. The Balaban J connectivity index is 2.34. The van der Waals surface area contributed by atoms with Gasteiger partial charge in [-0.3, -0.25) is 5.43 Å². The van der Waals surface area contributed by atoms with E-state index in [9.17, 15) is 0 Å². The number of para-hydroxylation sites is 1. The van der Waals surface area contributed by atoms with Crippen LogP contribution in [0.4, 0.5) is 0 Å². The molecule has 88 valence electrons. The van der Waals surface area contributed by atoms with E-state index in [1.807, 2.05) is 18.2 Å². The van der Waals surface area contributed by atoms with Gasteiger partial charge in [-0.1, -0.05) is 25.1 Å². The van der Waals surface area contributed by atoms with E-state index in [0.29, 0.717) is 6.04 Å². The molecular weight excluding hydrogens is 202 g/mol. The first-order chi connectivity index (χ1) is 7.77. The van der Waals surface area contributed by atoms with E-state index in [-0.39, 0.29) is 12.1 Å². The summed E-state index contributed by atoms with van der Waals surface area (Å²) in [4.78, 5) is 0. The Hall–Kier alpha value is -1.10. The van der Waals surface area contributed by atoms with E-state index in [4.69, 9.17) is 10.5 Å². The molecule has 4 nitrogen and oxygen atoms in total. The number of hydrogen-bond acceptors (Lipinski definition) is 4. The van der Waals surface area contributed by atoms with Crippen LogP contribution in [0.15, 0.2) is 24.3 Å². The lowest BCUT2D eigenvalue weighted by atomic mass is 9.89. The van der Waals surface area contributed by atoms with Gasteiger partial charge in [0.05, 0.1) is 13.3 Å². The molecule has 1 aromatic carbocycles. The Labute approximate surface area is 96.1 Å². The fraction of sp³-hybridized carbons (Fsp3) is 0.500. The first-order valence-corrected chi connectivity index (χ1v) is 5.67. The van der Waals surface area contributed by atoms with Crippen LogP contribution in [0.2, 0.25) is 0 Å². The van der Waals surface area contributed by atoms with Gasteiger partial charge in [-0.2, -0.15) is 0 Å². The van der Waals surface area contributed by atoms with Gasteiger partial charge in [-0.25, -0.2) is 5.43 Å². The second-order valence-electron chi connectivity index (χ2n) is 4.10. The van der Waals surface area contributed by atoms with Crippen molar-refractivity contribution in [1.82, 2.24) is 10.9 Å². The Morgan fingerprint density at radius 2 is 2.06 bits per heavy atom. The van der Waals surface area contributed by atoms with Gasteiger partial charge in [-0.15, -0.1) is 0 Å². The highest BCUT2D eigenvalue weighted by atomic mass is 16.5. The van der Waals surface area contributed by atoms with E-state index in [0.717, 1.165) is 12.2 Å². The monoisotopic (exact) mass is 221 g/mol. The summed E-state index contributed by atoms with van der Waals surface area (Å²) in [6.07, 6.45) is 0.963. The predicted octanol–water partition coefficient (Wildman–Crippen LogP) is 0.950. The summed E-state index contributed by atoms with van der Waals surface area (Å²) in [5.74, 6) is 1.16. The Kier molecular flexibility index (Phi) is 3.43. The molecule has 1 fully saturated rings. The normalized spacial score (nSPS) is 29.3. The van der Waals surface area contributed by atoms with Crippen molar-refractivity contribution in [2.24, 2.45) is 5.73 Å². The molecule has 0 bridgehead atoms. The molecule has 2 rings (SSSR count). The van der Waals surface area contributed by atoms with Crippen molar-refractivity contribution < 1.29 is 4.74 Å².